The fourth-order valence-corrected chi connectivity index (χ4v) is 4.93. The predicted octanol–water partition coefficient (Wildman–Crippen LogP) is 5.01. The van der Waals surface area contributed by atoms with Gasteiger partial charge in [-0.25, -0.2) is 4.98 Å². The Morgan fingerprint density at radius 3 is 2.90 bits per heavy atom. The second kappa shape index (κ2) is 9.65. The predicted molar refractivity (Wildman–Crippen MR) is 121 cm³/mol. The number of halogens is 1. The lowest BCUT2D eigenvalue weighted by atomic mass is 10.2. The molecule has 1 amide bonds. The van der Waals surface area contributed by atoms with E-state index in [0.717, 1.165) is 58.9 Å². The number of rotatable bonds is 6. The zero-order chi connectivity index (χ0) is 20.1. The van der Waals surface area contributed by atoms with Crippen molar-refractivity contribution in [1.29, 1.82) is 0 Å². The summed E-state index contributed by atoms with van der Waals surface area (Å²) in [6.45, 7) is 4.14. The summed E-state index contributed by atoms with van der Waals surface area (Å²) in [5.74, 6) is -0.190. The van der Waals surface area contributed by atoms with Gasteiger partial charge in [0, 0.05) is 51.4 Å². The maximum atomic E-state index is 12.2. The number of hydrogen-bond acceptors (Lipinski definition) is 6. The molecule has 1 fully saturated rings. The van der Waals surface area contributed by atoms with E-state index in [9.17, 15) is 4.79 Å². The van der Waals surface area contributed by atoms with Crippen LogP contribution in [0.3, 0.4) is 0 Å². The molecule has 1 aliphatic heterocycles. The molecule has 3 heterocycles. The number of ether oxygens (including phenoxy) is 1. The number of anilines is 1. The molecule has 0 radical (unpaired) electrons. The van der Waals surface area contributed by atoms with Gasteiger partial charge in [-0.1, -0.05) is 29.8 Å². The molecule has 0 saturated carbocycles. The number of nitrogens with zero attached hydrogens (tertiary/aromatic N) is 2. The third kappa shape index (κ3) is 5.52. The molecule has 4 rings (SSSR count). The van der Waals surface area contributed by atoms with E-state index in [1.807, 2.05) is 47.9 Å². The monoisotopic (exact) mass is 445 g/mol. The van der Waals surface area contributed by atoms with Crippen LogP contribution in [0.2, 0.25) is 5.02 Å². The van der Waals surface area contributed by atoms with Crippen LogP contribution in [0.4, 0.5) is 5.13 Å². The number of morpholine rings is 1. The average molecular weight is 446 g/mol. The highest BCUT2D eigenvalue weighted by Gasteiger charge is 2.13. The fourth-order valence-electron chi connectivity index (χ4n) is 2.98. The van der Waals surface area contributed by atoms with Crippen LogP contribution in [0, 0.1) is 0 Å². The van der Waals surface area contributed by atoms with Gasteiger partial charge in [0.15, 0.2) is 5.13 Å². The summed E-state index contributed by atoms with van der Waals surface area (Å²) < 4.78 is 5.36. The van der Waals surface area contributed by atoms with E-state index in [1.54, 1.807) is 11.3 Å². The normalized spacial score (nSPS) is 15.1. The lowest BCUT2D eigenvalue weighted by Gasteiger charge is -2.25. The third-order valence-corrected chi connectivity index (χ3v) is 6.66. The average Bonchev–Trinajstić information content (AvgIpc) is 3.37. The number of benzene rings is 1. The van der Waals surface area contributed by atoms with Crippen LogP contribution in [-0.4, -0.2) is 42.1 Å². The molecule has 3 aromatic rings. The van der Waals surface area contributed by atoms with E-state index in [4.69, 9.17) is 16.3 Å². The van der Waals surface area contributed by atoms with Crippen LogP contribution in [0.5, 0.6) is 0 Å². The summed E-state index contributed by atoms with van der Waals surface area (Å²) in [5, 5.41) is 6.17. The van der Waals surface area contributed by atoms with Gasteiger partial charge < -0.3 is 4.74 Å². The van der Waals surface area contributed by atoms with Crippen LogP contribution in [0.15, 0.2) is 47.9 Å². The highest BCUT2D eigenvalue weighted by Crippen LogP contribution is 2.33. The SMILES string of the molecule is O=C(/C=C/c1ccc(-c2ccccc2Cl)s1)Nc1nc(CN2CCOCC2)cs1. The molecular formula is C21H20ClN3O2S2. The van der Waals surface area contributed by atoms with Crippen molar-refractivity contribution in [3.05, 3.63) is 63.4 Å². The molecule has 1 aromatic carbocycles. The van der Waals surface area contributed by atoms with Crippen molar-refractivity contribution in [2.45, 2.75) is 6.54 Å². The molecule has 2 aromatic heterocycles. The largest absolute Gasteiger partial charge is 0.379 e. The third-order valence-electron chi connectivity index (χ3n) is 4.44. The summed E-state index contributed by atoms with van der Waals surface area (Å²) >= 11 is 9.29. The molecule has 1 saturated heterocycles. The van der Waals surface area contributed by atoms with Crippen LogP contribution in [-0.2, 0) is 16.1 Å². The standard InChI is InChI=1S/C21H20ClN3O2S2/c22-18-4-2-1-3-17(18)19-7-5-16(29-19)6-8-20(26)24-21-23-15(14-28-21)13-25-9-11-27-12-10-25/h1-8,14H,9-13H2,(H,23,24,26)/b8-6+. The van der Waals surface area contributed by atoms with Crippen molar-refractivity contribution in [1.82, 2.24) is 9.88 Å². The van der Waals surface area contributed by atoms with Crippen molar-refractivity contribution in [2.24, 2.45) is 0 Å². The maximum Gasteiger partial charge on any atom is 0.250 e. The molecular weight excluding hydrogens is 426 g/mol. The van der Waals surface area contributed by atoms with Crippen LogP contribution in [0.1, 0.15) is 10.6 Å². The van der Waals surface area contributed by atoms with Crippen molar-refractivity contribution in [3.63, 3.8) is 0 Å². The molecule has 1 N–H and O–H groups in total. The molecule has 0 spiro atoms. The van der Waals surface area contributed by atoms with Gasteiger partial charge in [-0.05, 0) is 24.3 Å². The van der Waals surface area contributed by atoms with E-state index >= 15 is 0 Å². The first kappa shape index (κ1) is 20.3. The molecule has 29 heavy (non-hydrogen) atoms. The van der Waals surface area contributed by atoms with Gasteiger partial charge in [-0.15, -0.1) is 22.7 Å². The Balaban J connectivity index is 1.33. The Kier molecular flexibility index (Phi) is 6.74. The van der Waals surface area contributed by atoms with Gasteiger partial charge in [0.1, 0.15) is 0 Å². The number of amides is 1. The molecule has 0 atom stereocenters. The van der Waals surface area contributed by atoms with Crippen molar-refractivity contribution in [3.8, 4) is 10.4 Å². The van der Waals surface area contributed by atoms with Crippen LogP contribution in [0.25, 0.3) is 16.5 Å². The van der Waals surface area contributed by atoms with Crippen LogP contribution >= 0.6 is 34.3 Å². The Bertz CT molecular complexity index is 1010. The number of thiophene rings is 1. The molecule has 5 nitrogen and oxygen atoms in total. The summed E-state index contributed by atoms with van der Waals surface area (Å²) in [7, 11) is 0. The topological polar surface area (TPSA) is 54.5 Å². The molecule has 0 aliphatic carbocycles. The zero-order valence-corrected chi connectivity index (χ0v) is 18.0. The van der Waals surface area contributed by atoms with Gasteiger partial charge in [-0.2, -0.15) is 0 Å². The van der Waals surface area contributed by atoms with Gasteiger partial charge in [0.25, 0.3) is 0 Å². The lowest BCUT2D eigenvalue weighted by molar-refractivity contribution is -0.111. The van der Waals surface area contributed by atoms with E-state index in [1.165, 1.54) is 17.4 Å². The summed E-state index contributed by atoms with van der Waals surface area (Å²) in [6.07, 6.45) is 3.34. The first-order valence-electron chi connectivity index (χ1n) is 9.26. The van der Waals surface area contributed by atoms with Crippen LogP contribution < -0.4 is 5.32 Å². The Hall–Kier alpha value is -2.03. The lowest BCUT2D eigenvalue weighted by Crippen LogP contribution is -2.35. The van der Waals surface area contributed by atoms with E-state index < -0.39 is 0 Å². The van der Waals surface area contributed by atoms with E-state index in [2.05, 4.69) is 15.2 Å². The Morgan fingerprint density at radius 1 is 1.24 bits per heavy atom. The highest BCUT2D eigenvalue weighted by molar-refractivity contribution is 7.16. The minimum atomic E-state index is -0.190. The Morgan fingerprint density at radius 2 is 2.07 bits per heavy atom. The maximum absolute atomic E-state index is 12.2. The van der Waals surface area contributed by atoms with Gasteiger partial charge >= 0.3 is 0 Å². The quantitative estimate of drug-likeness (QED) is 0.542. The summed E-state index contributed by atoms with van der Waals surface area (Å²) in [4.78, 5) is 21.1. The molecule has 150 valence electrons. The highest BCUT2D eigenvalue weighted by atomic mass is 35.5. The zero-order valence-electron chi connectivity index (χ0n) is 15.6. The minimum Gasteiger partial charge on any atom is -0.379 e. The van der Waals surface area contributed by atoms with Crippen molar-refractivity contribution < 1.29 is 9.53 Å². The van der Waals surface area contributed by atoms with Gasteiger partial charge in [0.2, 0.25) is 5.91 Å². The number of carbonyl (C=O) groups is 1. The molecule has 1 aliphatic rings. The van der Waals surface area contributed by atoms with Crippen molar-refractivity contribution in [2.75, 3.05) is 31.6 Å². The summed E-state index contributed by atoms with van der Waals surface area (Å²) in [6, 6.07) is 11.7. The molecule has 8 heteroatoms. The number of nitrogens with one attached hydrogen (secondary N) is 1. The smallest absolute Gasteiger partial charge is 0.250 e. The van der Waals surface area contributed by atoms with Gasteiger partial charge in [-0.3, -0.25) is 15.0 Å². The fraction of sp³-hybridized carbons (Fsp3) is 0.238. The minimum absolute atomic E-state index is 0.190. The number of hydrogen-bond donors (Lipinski definition) is 1. The number of carbonyl (C=O) groups excluding carboxylic acids is 1. The first-order valence-corrected chi connectivity index (χ1v) is 11.3. The molecule has 0 unspecified atom stereocenters. The molecule has 0 bridgehead atoms. The van der Waals surface area contributed by atoms with E-state index in [-0.39, 0.29) is 5.91 Å². The van der Waals surface area contributed by atoms with Crippen molar-refractivity contribution >= 4 is 51.4 Å². The second-order valence-corrected chi connectivity index (χ2v) is 8.92. The number of aromatic nitrogens is 1. The number of thiazole rings is 1. The Labute approximate surface area is 182 Å². The summed E-state index contributed by atoms with van der Waals surface area (Å²) in [5.41, 5.74) is 1.97. The van der Waals surface area contributed by atoms with Gasteiger partial charge in [0.05, 0.1) is 18.9 Å². The first-order chi connectivity index (χ1) is 14.2. The van der Waals surface area contributed by atoms with E-state index in [0.29, 0.717) is 5.13 Å². The second-order valence-electron chi connectivity index (χ2n) is 6.54.